The van der Waals surface area contributed by atoms with Crippen LogP contribution in [0.2, 0.25) is 0 Å². The molecule has 1 heterocycles. The van der Waals surface area contributed by atoms with E-state index < -0.39 is 0 Å². The molecule has 21 heavy (non-hydrogen) atoms. The van der Waals surface area contributed by atoms with E-state index in [-0.39, 0.29) is 12.6 Å². The summed E-state index contributed by atoms with van der Waals surface area (Å²) in [6.07, 6.45) is 0.441. The van der Waals surface area contributed by atoms with Crippen LogP contribution < -0.4 is 4.74 Å². The molecular formula is C16H20N2O3. The summed E-state index contributed by atoms with van der Waals surface area (Å²) >= 11 is 0. The summed E-state index contributed by atoms with van der Waals surface area (Å²) in [5.74, 6) is 6.72. The smallest absolute Gasteiger partial charge is 0.320 e. The van der Waals surface area contributed by atoms with Crippen molar-refractivity contribution in [2.24, 2.45) is 0 Å². The molecule has 0 radical (unpaired) electrons. The van der Waals surface area contributed by atoms with Crippen molar-refractivity contribution in [2.45, 2.75) is 13.0 Å². The lowest BCUT2D eigenvalue weighted by Crippen LogP contribution is -2.29. The normalized spacial score (nSPS) is 14.1. The number of aliphatic hydroxyl groups excluding tert-OH is 1. The number of hydrogen-bond acceptors (Lipinski definition) is 3. The van der Waals surface area contributed by atoms with Crippen molar-refractivity contribution in [3.8, 4) is 17.6 Å². The first-order chi connectivity index (χ1) is 10.2. The summed E-state index contributed by atoms with van der Waals surface area (Å²) in [5, 5.41) is 8.81. The van der Waals surface area contributed by atoms with Crippen LogP contribution in [-0.4, -0.2) is 54.8 Å². The minimum atomic E-state index is 0.0343. The summed E-state index contributed by atoms with van der Waals surface area (Å²) in [7, 11) is 3.42. The Kier molecular flexibility index (Phi) is 5.07. The minimum Gasteiger partial charge on any atom is -0.497 e. The zero-order valence-electron chi connectivity index (χ0n) is 12.4. The molecule has 112 valence electrons. The first kappa shape index (κ1) is 15.2. The van der Waals surface area contributed by atoms with Crippen molar-refractivity contribution < 1.29 is 14.6 Å². The predicted octanol–water partition coefficient (Wildman–Crippen LogP) is 1.30. The van der Waals surface area contributed by atoms with Crippen molar-refractivity contribution in [2.75, 3.05) is 33.9 Å². The van der Waals surface area contributed by atoms with Gasteiger partial charge in [0.25, 0.3) is 0 Å². The zero-order valence-corrected chi connectivity index (χ0v) is 12.4. The quantitative estimate of drug-likeness (QED) is 0.850. The Morgan fingerprint density at radius 2 is 2.19 bits per heavy atom. The van der Waals surface area contributed by atoms with Gasteiger partial charge < -0.3 is 19.6 Å². The molecule has 2 rings (SSSR count). The molecule has 1 aliphatic rings. The Hall–Kier alpha value is -2.19. The third-order valence-electron chi connectivity index (χ3n) is 3.44. The first-order valence-electron chi connectivity index (χ1n) is 6.92. The van der Waals surface area contributed by atoms with Gasteiger partial charge in [0.15, 0.2) is 0 Å². The van der Waals surface area contributed by atoms with Crippen LogP contribution in [-0.2, 0) is 6.54 Å². The molecule has 1 aliphatic heterocycles. The third-order valence-corrected chi connectivity index (χ3v) is 3.44. The fraction of sp³-hybridized carbons (Fsp3) is 0.438. The monoisotopic (exact) mass is 288 g/mol. The maximum Gasteiger partial charge on any atom is 0.320 e. The molecule has 5 heteroatoms. The number of carbonyl (C=O) groups excluding carboxylic acids is 1. The molecule has 0 spiro atoms. The van der Waals surface area contributed by atoms with Gasteiger partial charge in [-0.15, -0.1) is 0 Å². The van der Waals surface area contributed by atoms with E-state index in [0.29, 0.717) is 13.0 Å². The summed E-state index contributed by atoms with van der Waals surface area (Å²) in [5.41, 5.74) is 1.83. The van der Waals surface area contributed by atoms with Gasteiger partial charge >= 0.3 is 6.03 Å². The number of nitrogens with zero attached hydrogens (tertiary/aromatic N) is 2. The van der Waals surface area contributed by atoms with Gasteiger partial charge in [-0.1, -0.05) is 11.8 Å². The van der Waals surface area contributed by atoms with Crippen LogP contribution in [0.1, 0.15) is 17.5 Å². The fourth-order valence-electron chi connectivity index (χ4n) is 2.22. The maximum atomic E-state index is 12.0. The van der Waals surface area contributed by atoms with E-state index in [0.717, 1.165) is 30.0 Å². The standard InChI is InChI=1S/C16H20N2O3/c1-17-8-9-18(16(17)20)12-14-11-15(21-2)7-6-13(14)5-3-4-10-19/h6-7,11,19H,4,8-10,12H2,1-2H3. The molecule has 0 atom stereocenters. The fourth-order valence-corrected chi connectivity index (χ4v) is 2.22. The van der Waals surface area contributed by atoms with Crippen LogP contribution in [0.5, 0.6) is 5.75 Å². The highest BCUT2D eigenvalue weighted by Gasteiger charge is 2.25. The highest BCUT2D eigenvalue weighted by Crippen LogP contribution is 2.20. The minimum absolute atomic E-state index is 0.0343. The van der Waals surface area contributed by atoms with E-state index in [1.807, 2.05) is 18.2 Å². The SMILES string of the molecule is COc1ccc(C#CCCO)c(CN2CCN(C)C2=O)c1. The molecule has 1 aromatic carbocycles. The van der Waals surface area contributed by atoms with E-state index in [4.69, 9.17) is 9.84 Å². The van der Waals surface area contributed by atoms with Gasteiger partial charge in [0.05, 0.1) is 13.7 Å². The summed E-state index contributed by atoms with van der Waals surface area (Å²) < 4.78 is 5.25. The summed E-state index contributed by atoms with van der Waals surface area (Å²) in [6, 6.07) is 5.69. The molecule has 5 nitrogen and oxygen atoms in total. The van der Waals surface area contributed by atoms with Crippen molar-refractivity contribution >= 4 is 6.03 Å². The van der Waals surface area contributed by atoms with Crippen LogP contribution in [0.3, 0.4) is 0 Å². The average molecular weight is 288 g/mol. The highest BCUT2D eigenvalue weighted by molar-refractivity contribution is 5.76. The molecule has 0 aromatic heterocycles. The molecule has 0 bridgehead atoms. The van der Waals surface area contributed by atoms with Gasteiger partial charge in [-0.3, -0.25) is 0 Å². The van der Waals surface area contributed by atoms with Gasteiger partial charge in [-0.2, -0.15) is 0 Å². The number of aliphatic hydroxyl groups is 1. The zero-order chi connectivity index (χ0) is 15.2. The molecule has 2 amide bonds. The van der Waals surface area contributed by atoms with Gasteiger partial charge in [0.1, 0.15) is 5.75 Å². The van der Waals surface area contributed by atoms with Crippen LogP contribution >= 0.6 is 0 Å². The second kappa shape index (κ2) is 7.00. The van der Waals surface area contributed by atoms with Gasteiger partial charge in [0.2, 0.25) is 0 Å². The third kappa shape index (κ3) is 3.67. The molecule has 0 aliphatic carbocycles. The summed E-state index contributed by atoms with van der Waals surface area (Å²) in [6.45, 7) is 2.03. The Balaban J connectivity index is 2.23. The summed E-state index contributed by atoms with van der Waals surface area (Å²) in [4.78, 5) is 15.5. The Morgan fingerprint density at radius 1 is 1.38 bits per heavy atom. The van der Waals surface area contributed by atoms with E-state index >= 15 is 0 Å². The molecule has 1 aromatic rings. The Bertz CT molecular complexity index is 575. The lowest BCUT2D eigenvalue weighted by Gasteiger charge is -2.17. The first-order valence-corrected chi connectivity index (χ1v) is 6.92. The Labute approximate surface area is 125 Å². The van der Waals surface area contributed by atoms with Crippen molar-refractivity contribution in [3.05, 3.63) is 29.3 Å². The van der Waals surface area contributed by atoms with Crippen molar-refractivity contribution in [1.29, 1.82) is 0 Å². The van der Waals surface area contributed by atoms with Gasteiger partial charge in [-0.05, 0) is 23.8 Å². The molecule has 0 saturated carbocycles. The Morgan fingerprint density at radius 3 is 2.81 bits per heavy atom. The lowest BCUT2D eigenvalue weighted by atomic mass is 10.1. The van der Waals surface area contributed by atoms with Crippen molar-refractivity contribution in [1.82, 2.24) is 9.80 Å². The number of hydrogen-bond donors (Lipinski definition) is 1. The number of urea groups is 1. The van der Waals surface area contributed by atoms with E-state index in [2.05, 4.69) is 11.8 Å². The second-order valence-corrected chi connectivity index (χ2v) is 4.92. The van der Waals surface area contributed by atoms with Crippen LogP contribution in [0, 0.1) is 11.8 Å². The number of ether oxygens (including phenoxy) is 1. The molecule has 0 unspecified atom stereocenters. The van der Waals surface area contributed by atoms with Crippen LogP contribution in [0.25, 0.3) is 0 Å². The van der Waals surface area contributed by atoms with Gasteiger partial charge in [-0.25, -0.2) is 4.79 Å². The second-order valence-electron chi connectivity index (χ2n) is 4.92. The van der Waals surface area contributed by atoms with Crippen LogP contribution in [0.15, 0.2) is 18.2 Å². The molecule has 1 fully saturated rings. The number of methoxy groups -OCH3 is 1. The number of amides is 2. The molecular weight excluding hydrogens is 268 g/mol. The van der Waals surface area contributed by atoms with E-state index in [9.17, 15) is 4.79 Å². The maximum absolute atomic E-state index is 12.0. The largest absolute Gasteiger partial charge is 0.497 e. The topological polar surface area (TPSA) is 53.0 Å². The number of likely N-dealkylation sites (N-methyl/N-ethyl adjacent to an activating group) is 1. The average Bonchev–Trinajstić information content (AvgIpc) is 2.81. The number of benzene rings is 1. The highest BCUT2D eigenvalue weighted by atomic mass is 16.5. The van der Waals surface area contributed by atoms with E-state index in [1.165, 1.54) is 0 Å². The molecule has 1 saturated heterocycles. The van der Waals surface area contributed by atoms with Gasteiger partial charge in [0, 0.05) is 38.7 Å². The predicted molar refractivity (Wildman–Crippen MR) is 80.0 cm³/mol. The van der Waals surface area contributed by atoms with E-state index in [1.54, 1.807) is 24.0 Å². The number of carbonyl (C=O) groups is 1. The lowest BCUT2D eigenvalue weighted by molar-refractivity contribution is 0.197. The number of rotatable bonds is 4. The molecule has 1 N–H and O–H groups in total. The van der Waals surface area contributed by atoms with Crippen molar-refractivity contribution in [3.63, 3.8) is 0 Å². The van der Waals surface area contributed by atoms with Crippen LogP contribution in [0.4, 0.5) is 4.79 Å².